The third-order valence-electron chi connectivity index (χ3n) is 3.12. The van der Waals surface area contributed by atoms with Crippen LogP contribution in [0.1, 0.15) is 6.42 Å². The summed E-state index contributed by atoms with van der Waals surface area (Å²) in [6, 6.07) is 2.56. The molecule has 1 aromatic rings. The maximum absolute atomic E-state index is 12.2. The molecule has 5 nitrogen and oxygen atoms in total. The van der Waals surface area contributed by atoms with Gasteiger partial charge in [-0.25, -0.2) is 21.6 Å². The molecule has 1 aromatic carbocycles. The molecule has 0 amide bonds. The Labute approximate surface area is 138 Å². The first-order chi connectivity index (χ1) is 9.61. The second-order valence-corrected chi connectivity index (χ2v) is 10.0. The van der Waals surface area contributed by atoms with Crippen LogP contribution >= 0.6 is 34.8 Å². The lowest BCUT2D eigenvalue weighted by molar-refractivity contribution is 0.543. The van der Waals surface area contributed by atoms with E-state index in [0.29, 0.717) is 6.42 Å². The summed E-state index contributed by atoms with van der Waals surface area (Å²) in [7, 11) is -6.98. The van der Waals surface area contributed by atoms with Gasteiger partial charge in [0.1, 0.15) is 4.90 Å². The van der Waals surface area contributed by atoms with Crippen LogP contribution in [0.25, 0.3) is 0 Å². The van der Waals surface area contributed by atoms with Crippen molar-refractivity contribution in [3.63, 3.8) is 0 Å². The van der Waals surface area contributed by atoms with Crippen LogP contribution in [0.3, 0.4) is 0 Å². The summed E-state index contributed by atoms with van der Waals surface area (Å²) in [5, 5.41) is 0.0592. The van der Waals surface area contributed by atoms with Crippen LogP contribution in [-0.2, 0) is 19.9 Å². The number of hydrogen-bond donors (Lipinski definition) is 1. The molecule has 0 saturated carbocycles. The molecule has 1 saturated heterocycles. The van der Waals surface area contributed by atoms with E-state index in [0.717, 1.165) is 0 Å². The van der Waals surface area contributed by atoms with Gasteiger partial charge in [0.25, 0.3) is 0 Å². The maximum atomic E-state index is 12.2. The normalized spacial score (nSPS) is 21.6. The first kappa shape index (κ1) is 17.3. The van der Waals surface area contributed by atoms with Crippen molar-refractivity contribution in [1.29, 1.82) is 0 Å². The highest BCUT2D eigenvalue weighted by molar-refractivity contribution is 7.91. The van der Waals surface area contributed by atoms with Crippen LogP contribution < -0.4 is 4.72 Å². The van der Waals surface area contributed by atoms with Crippen molar-refractivity contribution in [2.75, 3.05) is 18.1 Å². The molecule has 1 aliphatic heterocycles. The van der Waals surface area contributed by atoms with E-state index in [4.69, 9.17) is 34.8 Å². The van der Waals surface area contributed by atoms with Crippen LogP contribution in [0.4, 0.5) is 0 Å². The Kier molecular flexibility index (Phi) is 5.12. The van der Waals surface area contributed by atoms with Gasteiger partial charge in [-0.3, -0.25) is 0 Å². The summed E-state index contributed by atoms with van der Waals surface area (Å²) >= 11 is 17.5. The van der Waals surface area contributed by atoms with Gasteiger partial charge in [0, 0.05) is 11.6 Å². The molecule has 10 heteroatoms. The van der Waals surface area contributed by atoms with Gasteiger partial charge in [0.2, 0.25) is 10.0 Å². The predicted molar refractivity (Wildman–Crippen MR) is 83.4 cm³/mol. The Morgan fingerprint density at radius 2 is 1.76 bits per heavy atom. The fourth-order valence-corrected chi connectivity index (χ4v) is 6.64. The highest BCUT2D eigenvalue weighted by Crippen LogP contribution is 2.32. The van der Waals surface area contributed by atoms with Crippen molar-refractivity contribution in [2.24, 2.45) is 5.92 Å². The van der Waals surface area contributed by atoms with Crippen LogP contribution in [-0.4, -0.2) is 34.9 Å². The molecule has 0 aliphatic carbocycles. The van der Waals surface area contributed by atoms with Crippen molar-refractivity contribution < 1.29 is 16.8 Å². The number of benzene rings is 1. The van der Waals surface area contributed by atoms with E-state index in [1.165, 1.54) is 12.1 Å². The van der Waals surface area contributed by atoms with Crippen molar-refractivity contribution in [1.82, 2.24) is 4.72 Å². The summed E-state index contributed by atoms with van der Waals surface area (Å²) in [6.45, 7) is 0.0247. The second kappa shape index (κ2) is 6.22. The zero-order valence-corrected chi connectivity index (χ0v) is 14.5. The van der Waals surface area contributed by atoms with Crippen LogP contribution in [0.2, 0.25) is 15.1 Å². The van der Waals surface area contributed by atoms with Crippen molar-refractivity contribution in [3.8, 4) is 0 Å². The molecular weight excluding hydrogens is 381 g/mol. The molecule has 1 heterocycles. The summed E-state index contributed by atoms with van der Waals surface area (Å²) in [4.78, 5) is -0.254. The second-order valence-electron chi connectivity index (χ2n) is 4.82. The SMILES string of the molecule is O=S1(=O)CCC(CNS(=O)(=O)c2c(Cl)cc(Cl)cc2Cl)C1. The van der Waals surface area contributed by atoms with E-state index in [-0.39, 0.29) is 43.9 Å². The third-order valence-corrected chi connectivity index (χ3v) is 7.52. The lowest BCUT2D eigenvalue weighted by Gasteiger charge is -2.13. The summed E-state index contributed by atoms with van der Waals surface area (Å²) in [5.41, 5.74) is 0. The lowest BCUT2D eigenvalue weighted by atomic mass is 10.1. The Bertz CT molecular complexity index is 739. The molecule has 0 spiro atoms. The highest BCUT2D eigenvalue weighted by Gasteiger charge is 2.30. The quantitative estimate of drug-likeness (QED) is 0.853. The smallest absolute Gasteiger partial charge is 0.229 e. The van der Waals surface area contributed by atoms with Gasteiger partial charge in [-0.05, 0) is 24.5 Å². The minimum absolute atomic E-state index is 0.0163. The van der Waals surface area contributed by atoms with Gasteiger partial charge in [-0.15, -0.1) is 0 Å². The standard InChI is InChI=1S/C11H12Cl3NO4S2/c12-8-3-9(13)11(10(14)4-8)21(18,19)15-5-7-1-2-20(16,17)6-7/h3-4,7,15H,1-2,5-6H2. The minimum Gasteiger partial charge on any atom is -0.229 e. The average molecular weight is 393 g/mol. The molecule has 1 aliphatic rings. The fourth-order valence-electron chi connectivity index (χ4n) is 2.12. The molecule has 0 bridgehead atoms. The van der Waals surface area contributed by atoms with E-state index >= 15 is 0 Å². The minimum atomic E-state index is -3.93. The number of sulfonamides is 1. The predicted octanol–water partition coefficient (Wildman–Crippen LogP) is 2.36. The van der Waals surface area contributed by atoms with Gasteiger partial charge in [-0.1, -0.05) is 34.8 Å². The Morgan fingerprint density at radius 1 is 1.19 bits per heavy atom. The van der Waals surface area contributed by atoms with E-state index < -0.39 is 19.9 Å². The zero-order valence-electron chi connectivity index (χ0n) is 10.6. The van der Waals surface area contributed by atoms with E-state index in [9.17, 15) is 16.8 Å². The maximum Gasteiger partial charge on any atom is 0.243 e. The monoisotopic (exact) mass is 391 g/mol. The number of rotatable bonds is 4. The van der Waals surface area contributed by atoms with E-state index in [1.54, 1.807) is 0 Å². The van der Waals surface area contributed by atoms with Gasteiger partial charge in [0.05, 0.1) is 21.6 Å². The van der Waals surface area contributed by atoms with Gasteiger partial charge in [-0.2, -0.15) is 0 Å². The number of hydrogen-bond acceptors (Lipinski definition) is 4. The third kappa shape index (κ3) is 4.24. The Morgan fingerprint density at radius 3 is 2.24 bits per heavy atom. The number of halogens is 3. The van der Waals surface area contributed by atoms with Crippen LogP contribution in [0.5, 0.6) is 0 Å². The Hall–Kier alpha value is -0.0500. The number of nitrogens with one attached hydrogen (secondary N) is 1. The van der Waals surface area contributed by atoms with Gasteiger partial charge in [0.15, 0.2) is 9.84 Å². The van der Waals surface area contributed by atoms with Gasteiger partial charge >= 0.3 is 0 Å². The van der Waals surface area contributed by atoms with Crippen LogP contribution in [0, 0.1) is 5.92 Å². The van der Waals surface area contributed by atoms with Gasteiger partial charge < -0.3 is 0 Å². The van der Waals surface area contributed by atoms with E-state index in [2.05, 4.69) is 4.72 Å². The summed E-state index contributed by atoms with van der Waals surface area (Å²) in [6.07, 6.45) is 0.437. The first-order valence-electron chi connectivity index (χ1n) is 5.95. The molecule has 118 valence electrons. The van der Waals surface area contributed by atoms with Crippen molar-refractivity contribution >= 4 is 54.7 Å². The molecular formula is C11H12Cl3NO4S2. The lowest BCUT2D eigenvalue weighted by Crippen LogP contribution is -2.30. The molecule has 2 rings (SSSR count). The molecule has 1 unspecified atom stereocenters. The van der Waals surface area contributed by atoms with Crippen LogP contribution in [0.15, 0.2) is 17.0 Å². The van der Waals surface area contributed by atoms with E-state index in [1.807, 2.05) is 0 Å². The molecule has 1 atom stereocenters. The molecule has 1 N–H and O–H groups in total. The Balaban J connectivity index is 2.17. The zero-order chi connectivity index (χ0) is 15.8. The molecule has 21 heavy (non-hydrogen) atoms. The summed E-state index contributed by atoms with van der Waals surface area (Å²) in [5.74, 6) is -0.172. The molecule has 0 aromatic heterocycles. The topological polar surface area (TPSA) is 80.3 Å². The molecule has 1 fully saturated rings. The highest BCUT2D eigenvalue weighted by atomic mass is 35.5. The van der Waals surface area contributed by atoms with Crippen molar-refractivity contribution in [3.05, 3.63) is 27.2 Å². The largest absolute Gasteiger partial charge is 0.243 e. The average Bonchev–Trinajstić information content (AvgIpc) is 2.65. The van der Waals surface area contributed by atoms with Crippen molar-refractivity contribution in [2.45, 2.75) is 11.3 Å². The first-order valence-corrected chi connectivity index (χ1v) is 10.4. The summed E-state index contributed by atoms with van der Waals surface area (Å²) < 4.78 is 49.5. The fraction of sp³-hybridized carbons (Fsp3) is 0.455. The molecule has 0 radical (unpaired) electrons. The number of sulfone groups is 1.